The molecule has 7 nitrogen and oxygen atoms in total. The maximum Gasteiger partial charge on any atom is 0.359 e. The summed E-state index contributed by atoms with van der Waals surface area (Å²) < 4.78 is 12.5. The summed E-state index contributed by atoms with van der Waals surface area (Å²) in [6, 6.07) is 8.95. The number of rotatable bonds is 4. The van der Waals surface area contributed by atoms with E-state index in [2.05, 4.69) is 4.98 Å². The summed E-state index contributed by atoms with van der Waals surface area (Å²) in [5.74, 6) is -0.971. The van der Waals surface area contributed by atoms with Gasteiger partial charge in [0.15, 0.2) is 15.8 Å². The first kappa shape index (κ1) is 18.0. The van der Waals surface area contributed by atoms with E-state index in [4.69, 9.17) is 21.1 Å². The molecule has 0 saturated carbocycles. The fraction of sp³-hybridized carbons (Fsp3) is 0.278. The summed E-state index contributed by atoms with van der Waals surface area (Å²) in [5.41, 5.74) is 0.716. The van der Waals surface area contributed by atoms with Crippen LogP contribution >= 0.6 is 22.9 Å². The average molecular weight is 406 g/mol. The Morgan fingerprint density at radius 2 is 1.96 bits per heavy atom. The second-order valence-electron chi connectivity index (χ2n) is 5.94. The number of thiazole rings is 1. The number of ether oxygens (including phenoxy) is 2. The van der Waals surface area contributed by atoms with Gasteiger partial charge in [0.2, 0.25) is 6.10 Å². The van der Waals surface area contributed by atoms with Crippen molar-refractivity contribution in [3.63, 3.8) is 0 Å². The van der Waals surface area contributed by atoms with Crippen LogP contribution in [0.2, 0.25) is 5.15 Å². The van der Waals surface area contributed by atoms with Crippen molar-refractivity contribution in [3.05, 3.63) is 58.3 Å². The molecule has 27 heavy (non-hydrogen) atoms. The minimum atomic E-state index is -1.06. The van der Waals surface area contributed by atoms with Crippen molar-refractivity contribution >= 4 is 39.8 Å². The third kappa shape index (κ3) is 3.55. The van der Waals surface area contributed by atoms with Gasteiger partial charge in [0.1, 0.15) is 0 Å². The van der Waals surface area contributed by atoms with Gasteiger partial charge in [-0.2, -0.15) is 0 Å². The maximum atomic E-state index is 13.0. The molecule has 0 unspecified atom stereocenters. The van der Waals surface area contributed by atoms with Crippen LogP contribution in [0, 0.1) is 0 Å². The van der Waals surface area contributed by atoms with Gasteiger partial charge in [-0.05, 0) is 0 Å². The molecule has 1 aliphatic heterocycles. The van der Waals surface area contributed by atoms with Crippen LogP contribution in [0.25, 0.3) is 4.96 Å². The number of imidazole rings is 1. The lowest BCUT2D eigenvalue weighted by Crippen LogP contribution is -2.44. The summed E-state index contributed by atoms with van der Waals surface area (Å²) >= 11 is 7.48. The molecule has 1 amide bonds. The number of carbonyl (C=O) groups is 2. The van der Waals surface area contributed by atoms with E-state index in [9.17, 15) is 9.59 Å². The number of morpholine rings is 1. The highest BCUT2D eigenvalue weighted by molar-refractivity contribution is 7.15. The van der Waals surface area contributed by atoms with Crippen LogP contribution in [-0.4, -0.2) is 52.5 Å². The standard InChI is InChI=1S/C18H16ClN3O4S/c19-15-13(22-8-11-27-18(22)20-15)17(24)26-14(12-4-2-1-3-5-12)16(23)21-6-9-25-10-7-21/h1-5,8,11,14H,6-7,9-10H2/t14-/m0/s1. The second kappa shape index (κ2) is 7.67. The lowest BCUT2D eigenvalue weighted by molar-refractivity contribution is -0.145. The Hall–Kier alpha value is -2.42. The molecule has 0 spiro atoms. The van der Waals surface area contributed by atoms with Crippen LogP contribution in [0.15, 0.2) is 41.9 Å². The van der Waals surface area contributed by atoms with Crippen LogP contribution < -0.4 is 0 Å². The first-order valence-corrected chi connectivity index (χ1v) is 9.64. The lowest BCUT2D eigenvalue weighted by Gasteiger charge is -2.30. The Balaban J connectivity index is 1.64. The molecule has 3 aromatic rings. The quantitative estimate of drug-likeness (QED) is 0.624. The van der Waals surface area contributed by atoms with E-state index in [1.54, 1.807) is 45.1 Å². The molecule has 1 aromatic carbocycles. The first-order chi connectivity index (χ1) is 13.1. The molecule has 9 heteroatoms. The van der Waals surface area contributed by atoms with E-state index in [1.165, 1.54) is 11.3 Å². The molecule has 3 heterocycles. The number of hydrogen-bond donors (Lipinski definition) is 0. The van der Waals surface area contributed by atoms with Crippen molar-refractivity contribution in [3.8, 4) is 0 Å². The minimum absolute atomic E-state index is 0.0532. The Morgan fingerprint density at radius 3 is 2.70 bits per heavy atom. The van der Waals surface area contributed by atoms with E-state index in [0.717, 1.165) is 0 Å². The number of fused-ring (bicyclic) bond motifs is 1. The van der Waals surface area contributed by atoms with Crippen LogP contribution in [0.4, 0.5) is 0 Å². The molecule has 1 fully saturated rings. The number of carbonyl (C=O) groups excluding carboxylic acids is 2. The summed E-state index contributed by atoms with van der Waals surface area (Å²) in [6.07, 6.45) is 0.633. The monoisotopic (exact) mass is 405 g/mol. The summed E-state index contributed by atoms with van der Waals surface area (Å²) in [6.45, 7) is 1.85. The largest absolute Gasteiger partial charge is 0.443 e. The number of amides is 1. The number of nitrogens with zero attached hydrogens (tertiary/aromatic N) is 3. The third-order valence-corrected chi connectivity index (χ3v) is 5.31. The zero-order valence-corrected chi connectivity index (χ0v) is 15.8. The fourth-order valence-electron chi connectivity index (χ4n) is 2.94. The van der Waals surface area contributed by atoms with Crippen molar-refractivity contribution in [1.82, 2.24) is 14.3 Å². The van der Waals surface area contributed by atoms with Gasteiger partial charge >= 0.3 is 5.97 Å². The Labute approximate surface area is 164 Å². The van der Waals surface area contributed by atoms with Crippen molar-refractivity contribution in [2.75, 3.05) is 26.3 Å². The molecule has 0 aliphatic carbocycles. The van der Waals surface area contributed by atoms with E-state index in [-0.39, 0.29) is 16.8 Å². The number of hydrogen-bond acceptors (Lipinski definition) is 6. The molecule has 140 valence electrons. The van der Waals surface area contributed by atoms with E-state index in [1.807, 2.05) is 6.07 Å². The molecule has 2 aromatic heterocycles. The smallest absolute Gasteiger partial charge is 0.359 e. The highest BCUT2D eigenvalue weighted by Crippen LogP contribution is 2.26. The van der Waals surface area contributed by atoms with Crippen LogP contribution in [0.3, 0.4) is 0 Å². The minimum Gasteiger partial charge on any atom is -0.443 e. The lowest BCUT2D eigenvalue weighted by atomic mass is 10.1. The van der Waals surface area contributed by atoms with E-state index < -0.39 is 12.1 Å². The predicted octanol–water partition coefficient (Wildman–Crippen LogP) is 2.81. The zero-order chi connectivity index (χ0) is 18.8. The number of halogens is 1. The Kier molecular flexibility index (Phi) is 5.11. The molecule has 0 radical (unpaired) electrons. The van der Waals surface area contributed by atoms with Gasteiger partial charge in [-0.15, -0.1) is 11.3 Å². The van der Waals surface area contributed by atoms with Crippen LogP contribution in [0.5, 0.6) is 0 Å². The van der Waals surface area contributed by atoms with Gasteiger partial charge in [0.25, 0.3) is 5.91 Å². The first-order valence-electron chi connectivity index (χ1n) is 8.38. The molecule has 1 aliphatic rings. The molecule has 1 saturated heterocycles. The van der Waals surface area contributed by atoms with Gasteiger partial charge < -0.3 is 14.4 Å². The normalized spacial score (nSPS) is 15.7. The third-order valence-electron chi connectivity index (χ3n) is 4.29. The van der Waals surface area contributed by atoms with E-state index in [0.29, 0.717) is 36.8 Å². The Morgan fingerprint density at radius 1 is 1.22 bits per heavy atom. The molecule has 1 atom stereocenters. The highest BCUT2D eigenvalue weighted by atomic mass is 35.5. The SMILES string of the molecule is O=C(O[C@H](C(=O)N1CCOCC1)c1ccccc1)c1c(Cl)nc2sccn12. The van der Waals surface area contributed by atoms with Crippen molar-refractivity contribution < 1.29 is 19.1 Å². The van der Waals surface area contributed by atoms with Gasteiger partial charge in [0.05, 0.1) is 13.2 Å². The molecule has 0 N–H and O–H groups in total. The van der Waals surface area contributed by atoms with Crippen LogP contribution in [-0.2, 0) is 14.3 Å². The topological polar surface area (TPSA) is 73.1 Å². The van der Waals surface area contributed by atoms with Crippen molar-refractivity contribution in [2.24, 2.45) is 0 Å². The number of aromatic nitrogens is 2. The average Bonchev–Trinajstić information content (AvgIpc) is 3.26. The molecular weight excluding hydrogens is 390 g/mol. The number of benzene rings is 1. The Bertz CT molecular complexity index is 966. The predicted molar refractivity (Wildman–Crippen MR) is 100 cm³/mol. The maximum absolute atomic E-state index is 13.0. The fourth-order valence-corrected chi connectivity index (χ4v) is 3.96. The van der Waals surface area contributed by atoms with E-state index >= 15 is 0 Å². The van der Waals surface area contributed by atoms with Crippen LogP contribution in [0.1, 0.15) is 22.2 Å². The highest BCUT2D eigenvalue weighted by Gasteiger charge is 2.32. The summed E-state index contributed by atoms with van der Waals surface area (Å²) in [7, 11) is 0. The molecule has 4 rings (SSSR count). The summed E-state index contributed by atoms with van der Waals surface area (Å²) in [5, 5.41) is 1.85. The molecule has 0 bridgehead atoms. The second-order valence-corrected chi connectivity index (χ2v) is 7.17. The molecular formula is C18H16ClN3O4S. The zero-order valence-electron chi connectivity index (χ0n) is 14.2. The van der Waals surface area contributed by atoms with Gasteiger partial charge in [0, 0.05) is 30.2 Å². The van der Waals surface area contributed by atoms with Gasteiger partial charge in [-0.1, -0.05) is 41.9 Å². The van der Waals surface area contributed by atoms with Gasteiger partial charge in [-0.3, -0.25) is 9.20 Å². The number of esters is 1. The van der Waals surface area contributed by atoms with Crippen molar-refractivity contribution in [2.45, 2.75) is 6.10 Å². The van der Waals surface area contributed by atoms with Crippen molar-refractivity contribution in [1.29, 1.82) is 0 Å². The summed E-state index contributed by atoms with van der Waals surface area (Å²) in [4.78, 5) is 32.3. The van der Waals surface area contributed by atoms with Gasteiger partial charge in [-0.25, -0.2) is 9.78 Å².